The molecule has 0 spiro atoms. The minimum atomic E-state index is -0.547. The van der Waals surface area contributed by atoms with Crippen LogP contribution in [0.15, 0.2) is 48.7 Å². The van der Waals surface area contributed by atoms with Crippen LogP contribution in [0.1, 0.15) is 66.1 Å². The van der Waals surface area contributed by atoms with Gasteiger partial charge in [-0.1, -0.05) is 23.7 Å². The van der Waals surface area contributed by atoms with E-state index in [1.807, 2.05) is 13.0 Å². The fourth-order valence-electron chi connectivity index (χ4n) is 4.71. The summed E-state index contributed by atoms with van der Waals surface area (Å²) >= 11 is 5.82. The summed E-state index contributed by atoms with van der Waals surface area (Å²) in [5.41, 5.74) is 4.41. The summed E-state index contributed by atoms with van der Waals surface area (Å²) in [5, 5.41) is 9.89. The van der Waals surface area contributed by atoms with Gasteiger partial charge < -0.3 is 15.4 Å². The van der Waals surface area contributed by atoms with Gasteiger partial charge in [0, 0.05) is 18.7 Å². The van der Waals surface area contributed by atoms with E-state index in [0.29, 0.717) is 29.6 Å². The van der Waals surface area contributed by atoms with Crippen LogP contribution in [-0.2, 0) is 17.7 Å². The molecule has 38 heavy (non-hydrogen) atoms. The molecule has 9 nitrogen and oxygen atoms in total. The number of esters is 1. The zero-order valence-electron chi connectivity index (χ0n) is 20.5. The second kappa shape index (κ2) is 10.2. The Bertz CT molecular complexity index is 1600. The summed E-state index contributed by atoms with van der Waals surface area (Å²) in [6.07, 6.45) is 2.85. The number of amides is 2. The smallest absolute Gasteiger partial charge is 0.338 e. The molecule has 5 rings (SSSR count). The number of halogens is 2. The Morgan fingerprint density at radius 1 is 1.16 bits per heavy atom. The van der Waals surface area contributed by atoms with E-state index in [1.165, 1.54) is 42.1 Å². The third kappa shape index (κ3) is 4.70. The predicted molar refractivity (Wildman–Crippen MR) is 137 cm³/mol. The van der Waals surface area contributed by atoms with Gasteiger partial charge in [0.2, 0.25) is 0 Å². The maximum atomic E-state index is 13.4. The van der Waals surface area contributed by atoms with Crippen molar-refractivity contribution in [2.45, 2.75) is 32.4 Å². The van der Waals surface area contributed by atoms with Crippen LogP contribution in [0.4, 0.5) is 4.39 Å². The average molecular weight is 536 g/mol. The van der Waals surface area contributed by atoms with Gasteiger partial charge in [0.15, 0.2) is 5.65 Å². The molecular formula is C27H23ClFN5O4. The fourth-order valence-corrected chi connectivity index (χ4v) is 4.91. The first kappa shape index (κ1) is 25.3. The molecule has 1 aliphatic rings. The lowest BCUT2D eigenvalue weighted by molar-refractivity contribution is 0.0599. The number of ether oxygens (including phenoxy) is 1. The lowest BCUT2D eigenvalue weighted by atomic mass is 9.98. The molecule has 11 heteroatoms. The third-order valence-corrected chi connectivity index (χ3v) is 6.96. The maximum absolute atomic E-state index is 13.4. The topological polar surface area (TPSA) is 115 Å². The molecule has 0 fully saturated rings. The first-order valence-electron chi connectivity index (χ1n) is 11.8. The van der Waals surface area contributed by atoms with Gasteiger partial charge >= 0.3 is 5.97 Å². The lowest BCUT2D eigenvalue weighted by Crippen LogP contribution is -2.30. The second-order valence-corrected chi connectivity index (χ2v) is 9.33. The van der Waals surface area contributed by atoms with Crippen LogP contribution in [-0.4, -0.2) is 39.5 Å². The molecule has 0 radical (unpaired) electrons. The highest BCUT2D eigenvalue weighted by atomic mass is 35.5. The van der Waals surface area contributed by atoms with Gasteiger partial charge in [-0.15, -0.1) is 0 Å². The number of hydrogen-bond acceptors (Lipinski definition) is 6. The maximum Gasteiger partial charge on any atom is 0.338 e. The highest BCUT2D eigenvalue weighted by Crippen LogP contribution is 2.35. The molecule has 2 amide bonds. The number of hydrogen-bond donors (Lipinski definition) is 2. The number of benzene rings is 2. The number of nitrogens with zero attached hydrogens (tertiary/aromatic N) is 3. The zero-order chi connectivity index (χ0) is 27.0. The Kier molecular flexibility index (Phi) is 6.81. The summed E-state index contributed by atoms with van der Waals surface area (Å²) < 4.78 is 19.7. The van der Waals surface area contributed by atoms with Crippen LogP contribution >= 0.6 is 11.6 Å². The summed E-state index contributed by atoms with van der Waals surface area (Å²) in [5.74, 6) is -1.88. The van der Waals surface area contributed by atoms with Gasteiger partial charge in [0.25, 0.3) is 11.8 Å². The average Bonchev–Trinajstić information content (AvgIpc) is 3.56. The quantitative estimate of drug-likeness (QED) is 0.361. The van der Waals surface area contributed by atoms with Crippen molar-refractivity contribution in [3.8, 4) is 0 Å². The number of fused-ring (bicyclic) bond motifs is 2. The molecule has 4 aromatic rings. The summed E-state index contributed by atoms with van der Waals surface area (Å²) in [6.45, 7) is 1.97. The number of methoxy groups -OCH3 is 1. The van der Waals surface area contributed by atoms with Gasteiger partial charge in [0.05, 0.1) is 29.9 Å². The van der Waals surface area contributed by atoms with Gasteiger partial charge in [-0.05, 0) is 60.2 Å². The summed E-state index contributed by atoms with van der Waals surface area (Å²) in [6, 6.07) is 10.4. The largest absolute Gasteiger partial charge is 0.465 e. The van der Waals surface area contributed by atoms with E-state index in [2.05, 4.69) is 20.7 Å². The Hall–Kier alpha value is -4.31. The van der Waals surface area contributed by atoms with Gasteiger partial charge in [-0.3, -0.25) is 9.59 Å². The van der Waals surface area contributed by atoms with E-state index in [0.717, 1.165) is 16.7 Å². The van der Waals surface area contributed by atoms with Crippen molar-refractivity contribution in [2.24, 2.45) is 0 Å². The minimum Gasteiger partial charge on any atom is -0.465 e. The molecule has 1 aliphatic carbocycles. The Morgan fingerprint density at radius 2 is 1.97 bits per heavy atom. The lowest BCUT2D eigenvalue weighted by Gasteiger charge is -2.16. The number of aromatic nitrogens is 3. The van der Waals surface area contributed by atoms with E-state index in [1.54, 1.807) is 12.1 Å². The molecule has 2 aromatic carbocycles. The normalized spacial score (nSPS) is 14.3. The highest BCUT2D eigenvalue weighted by Gasteiger charge is 2.29. The monoisotopic (exact) mass is 535 g/mol. The molecule has 0 saturated heterocycles. The Balaban J connectivity index is 1.37. The third-order valence-electron chi connectivity index (χ3n) is 6.67. The first-order valence-corrected chi connectivity index (χ1v) is 12.2. The van der Waals surface area contributed by atoms with E-state index < -0.39 is 23.6 Å². The highest BCUT2D eigenvalue weighted by molar-refractivity contribution is 6.30. The number of carbonyl (C=O) groups excluding carboxylic acids is 3. The SMILES string of the molecule is COC(=O)c1ccc2c(c1C)CC[C@@H]2NC(=O)c1cc(C(=O)NCc2ccc(F)c(Cl)c2)nc2ccnn12. The Morgan fingerprint density at radius 3 is 2.74 bits per heavy atom. The van der Waals surface area contributed by atoms with Crippen LogP contribution in [0, 0.1) is 12.7 Å². The molecule has 2 aromatic heterocycles. The standard InChI is InChI=1S/C27H23ClFN5O4/c1-14-16-6-8-21(18(16)5-4-17(14)27(37)38-2)33-26(36)23-12-22(32-24-9-10-31-34(23)24)25(35)30-13-15-3-7-20(29)19(28)11-15/h3-5,7,9-12,21H,6,8,13H2,1-2H3,(H,30,35)(H,33,36)/t21-/m0/s1. The predicted octanol–water partition coefficient (Wildman–Crippen LogP) is 3.96. The first-order chi connectivity index (χ1) is 18.3. The zero-order valence-corrected chi connectivity index (χ0v) is 21.3. The van der Waals surface area contributed by atoms with E-state index in [9.17, 15) is 18.8 Å². The number of rotatable bonds is 6. The number of nitrogens with one attached hydrogen (secondary N) is 2. The van der Waals surface area contributed by atoms with Crippen molar-refractivity contribution >= 4 is 35.0 Å². The van der Waals surface area contributed by atoms with Crippen LogP contribution in [0.5, 0.6) is 0 Å². The van der Waals surface area contributed by atoms with E-state index >= 15 is 0 Å². The second-order valence-electron chi connectivity index (χ2n) is 8.92. The molecule has 194 valence electrons. The molecule has 0 aliphatic heterocycles. The van der Waals surface area contributed by atoms with Crippen LogP contribution < -0.4 is 10.6 Å². The molecule has 0 unspecified atom stereocenters. The van der Waals surface area contributed by atoms with Crippen molar-refractivity contribution in [1.82, 2.24) is 25.2 Å². The van der Waals surface area contributed by atoms with Gasteiger partial charge in [-0.2, -0.15) is 5.10 Å². The minimum absolute atomic E-state index is 0.0294. The Labute approximate surface area is 222 Å². The van der Waals surface area contributed by atoms with Crippen molar-refractivity contribution in [1.29, 1.82) is 0 Å². The fraction of sp³-hybridized carbons (Fsp3) is 0.222. The van der Waals surface area contributed by atoms with Crippen molar-refractivity contribution in [3.05, 3.63) is 98.7 Å². The van der Waals surface area contributed by atoms with Crippen LogP contribution in [0.3, 0.4) is 0 Å². The van der Waals surface area contributed by atoms with E-state index in [-0.39, 0.29) is 29.0 Å². The van der Waals surface area contributed by atoms with Crippen molar-refractivity contribution in [2.75, 3.05) is 7.11 Å². The molecule has 0 bridgehead atoms. The summed E-state index contributed by atoms with van der Waals surface area (Å²) in [4.78, 5) is 42.7. The van der Waals surface area contributed by atoms with Crippen LogP contribution in [0.25, 0.3) is 5.65 Å². The molecule has 0 saturated carbocycles. The molecule has 2 heterocycles. The van der Waals surface area contributed by atoms with Gasteiger partial charge in [-0.25, -0.2) is 18.7 Å². The van der Waals surface area contributed by atoms with Crippen molar-refractivity contribution < 1.29 is 23.5 Å². The molecule has 2 N–H and O–H groups in total. The summed E-state index contributed by atoms with van der Waals surface area (Å²) in [7, 11) is 1.34. The van der Waals surface area contributed by atoms with E-state index in [4.69, 9.17) is 16.3 Å². The molecular weight excluding hydrogens is 513 g/mol. The van der Waals surface area contributed by atoms with Crippen molar-refractivity contribution in [3.63, 3.8) is 0 Å². The molecule has 1 atom stereocenters. The van der Waals surface area contributed by atoms with Gasteiger partial charge in [0.1, 0.15) is 17.2 Å². The van der Waals surface area contributed by atoms with Crippen LogP contribution in [0.2, 0.25) is 5.02 Å². The number of carbonyl (C=O) groups is 3.